The molecule has 116 valence electrons. The standard InChI is InChI=1S/C15H23ClN4S/c1-6-12-14(16)13(20(7-2)19-12)8-17-9(3)15-10(4)18-11(5)21-15/h9,17H,6-8H2,1-5H3. The first-order valence-electron chi connectivity index (χ1n) is 7.39. The molecule has 0 fully saturated rings. The molecule has 2 rings (SSSR count). The van der Waals surface area contributed by atoms with Crippen molar-refractivity contribution in [3.05, 3.63) is 32.0 Å². The zero-order chi connectivity index (χ0) is 15.6. The molecule has 21 heavy (non-hydrogen) atoms. The van der Waals surface area contributed by atoms with Crippen LogP contribution in [-0.2, 0) is 19.5 Å². The van der Waals surface area contributed by atoms with Gasteiger partial charge >= 0.3 is 0 Å². The fraction of sp³-hybridized carbons (Fsp3) is 0.600. The lowest BCUT2D eigenvalue weighted by molar-refractivity contribution is 0.533. The van der Waals surface area contributed by atoms with Gasteiger partial charge in [-0.1, -0.05) is 18.5 Å². The number of aromatic nitrogens is 3. The largest absolute Gasteiger partial charge is 0.304 e. The molecule has 2 aromatic rings. The van der Waals surface area contributed by atoms with Crippen LogP contribution in [-0.4, -0.2) is 14.8 Å². The maximum absolute atomic E-state index is 6.44. The van der Waals surface area contributed by atoms with Crippen molar-refractivity contribution in [2.24, 2.45) is 0 Å². The van der Waals surface area contributed by atoms with E-state index in [9.17, 15) is 0 Å². The molecule has 6 heteroatoms. The third kappa shape index (κ3) is 3.47. The second kappa shape index (κ2) is 6.90. The van der Waals surface area contributed by atoms with Crippen molar-refractivity contribution in [1.29, 1.82) is 0 Å². The van der Waals surface area contributed by atoms with E-state index < -0.39 is 0 Å². The van der Waals surface area contributed by atoms with Gasteiger partial charge in [-0.25, -0.2) is 4.98 Å². The van der Waals surface area contributed by atoms with Crippen molar-refractivity contribution < 1.29 is 0 Å². The molecule has 1 N–H and O–H groups in total. The molecule has 0 aliphatic heterocycles. The second-order valence-corrected chi connectivity index (χ2v) is 6.77. The maximum Gasteiger partial charge on any atom is 0.0900 e. The van der Waals surface area contributed by atoms with Gasteiger partial charge in [0.25, 0.3) is 0 Å². The Kier molecular flexibility index (Phi) is 5.41. The molecular formula is C15H23ClN4S. The Bertz CT molecular complexity index is 617. The van der Waals surface area contributed by atoms with Crippen LogP contribution in [0.25, 0.3) is 0 Å². The predicted molar refractivity (Wildman–Crippen MR) is 89.1 cm³/mol. The van der Waals surface area contributed by atoms with Gasteiger partial charge in [-0.05, 0) is 34.1 Å². The van der Waals surface area contributed by atoms with E-state index in [1.807, 2.05) is 11.6 Å². The molecule has 1 atom stereocenters. The van der Waals surface area contributed by atoms with E-state index >= 15 is 0 Å². The molecule has 0 radical (unpaired) electrons. The smallest absolute Gasteiger partial charge is 0.0900 e. The number of rotatable bonds is 6. The fourth-order valence-electron chi connectivity index (χ4n) is 2.48. The first-order valence-corrected chi connectivity index (χ1v) is 8.58. The fourth-order valence-corrected chi connectivity index (χ4v) is 3.77. The topological polar surface area (TPSA) is 42.7 Å². The monoisotopic (exact) mass is 326 g/mol. The number of nitrogens with one attached hydrogen (secondary N) is 1. The van der Waals surface area contributed by atoms with E-state index in [1.54, 1.807) is 11.3 Å². The predicted octanol–water partition coefficient (Wildman–Crippen LogP) is 4.04. The average Bonchev–Trinajstić information content (AvgIpc) is 2.95. The number of hydrogen-bond donors (Lipinski definition) is 1. The SMILES string of the molecule is CCc1nn(CC)c(CNC(C)c2sc(C)nc2C)c1Cl. The average molecular weight is 327 g/mol. The molecule has 0 aromatic carbocycles. The van der Waals surface area contributed by atoms with Crippen molar-refractivity contribution in [2.75, 3.05) is 0 Å². The van der Waals surface area contributed by atoms with Crippen LogP contribution in [0.15, 0.2) is 0 Å². The molecular weight excluding hydrogens is 304 g/mol. The molecule has 1 unspecified atom stereocenters. The molecule has 0 saturated heterocycles. The van der Waals surface area contributed by atoms with Crippen molar-refractivity contribution in [3.8, 4) is 0 Å². The molecule has 4 nitrogen and oxygen atoms in total. The summed E-state index contributed by atoms with van der Waals surface area (Å²) >= 11 is 8.19. The van der Waals surface area contributed by atoms with Crippen molar-refractivity contribution in [2.45, 2.75) is 60.2 Å². The molecule has 0 aliphatic carbocycles. The van der Waals surface area contributed by atoms with Crippen molar-refractivity contribution >= 4 is 22.9 Å². The number of aryl methyl sites for hydroxylation is 4. The lowest BCUT2D eigenvalue weighted by Gasteiger charge is -2.14. The lowest BCUT2D eigenvalue weighted by atomic mass is 10.2. The van der Waals surface area contributed by atoms with Gasteiger partial charge in [0.1, 0.15) is 0 Å². The zero-order valence-electron chi connectivity index (χ0n) is 13.3. The van der Waals surface area contributed by atoms with E-state index in [1.165, 1.54) is 4.88 Å². The Labute approximate surface area is 135 Å². The first kappa shape index (κ1) is 16.5. The number of thiazole rings is 1. The highest BCUT2D eigenvalue weighted by Crippen LogP contribution is 2.26. The van der Waals surface area contributed by atoms with Gasteiger partial charge in [0.15, 0.2) is 0 Å². The third-order valence-electron chi connectivity index (χ3n) is 3.60. The minimum absolute atomic E-state index is 0.262. The van der Waals surface area contributed by atoms with E-state index in [0.29, 0.717) is 0 Å². The molecule has 0 spiro atoms. The highest BCUT2D eigenvalue weighted by atomic mass is 35.5. The highest BCUT2D eigenvalue weighted by Gasteiger charge is 2.17. The Balaban J connectivity index is 2.12. The lowest BCUT2D eigenvalue weighted by Crippen LogP contribution is -2.20. The summed E-state index contributed by atoms with van der Waals surface area (Å²) in [6, 6.07) is 0.262. The van der Waals surface area contributed by atoms with Crippen LogP contribution in [0, 0.1) is 13.8 Å². The number of halogens is 1. The van der Waals surface area contributed by atoms with Gasteiger partial charge in [-0.2, -0.15) is 5.10 Å². The van der Waals surface area contributed by atoms with Crippen molar-refractivity contribution in [1.82, 2.24) is 20.1 Å². The summed E-state index contributed by atoms with van der Waals surface area (Å²) in [5.74, 6) is 0. The van der Waals surface area contributed by atoms with E-state index in [2.05, 4.69) is 43.1 Å². The van der Waals surface area contributed by atoms with E-state index in [0.717, 1.165) is 46.6 Å². The maximum atomic E-state index is 6.44. The van der Waals surface area contributed by atoms with Gasteiger partial charge in [-0.3, -0.25) is 4.68 Å². The van der Waals surface area contributed by atoms with Crippen LogP contribution in [0.3, 0.4) is 0 Å². The Hall–Kier alpha value is -0.910. The summed E-state index contributed by atoms with van der Waals surface area (Å²) in [6.45, 7) is 12.0. The van der Waals surface area contributed by atoms with Crippen LogP contribution in [0.5, 0.6) is 0 Å². The van der Waals surface area contributed by atoms with Crippen LogP contribution in [0.2, 0.25) is 5.02 Å². The van der Waals surface area contributed by atoms with E-state index in [4.69, 9.17) is 11.6 Å². The highest BCUT2D eigenvalue weighted by molar-refractivity contribution is 7.11. The second-order valence-electron chi connectivity index (χ2n) is 5.16. The number of nitrogens with zero attached hydrogens (tertiary/aromatic N) is 3. The minimum atomic E-state index is 0.262. The molecule has 2 heterocycles. The van der Waals surface area contributed by atoms with Gasteiger partial charge in [0.05, 0.1) is 27.1 Å². The molecule has 2 aromatic heterocycles. The minimum Gasteiger partial charge on any atom is -0.304 e. The molecule has 0 aliphatic rings. The Morgan fingerprint density at radius 2 is 2.05 bits per heavy atom. The Morgan fingerprint density at radius 3 is 2.57 bits per heavy atom. The van der Waals surface area contributed by atoms with Gasteiger partial charge in [-0.15, -0.1) is 11.3 Å². The quantitative estimate of drug-likeness (QED) is 0.871. The summed E-state index contributed by atoms with van der Waals surface area (Å²) in [7, 11) is 0. The van der Waals surface area contributed by atoms with Crippen LogP contribution >= 0.6 is 22.9 Å². The normalized spacial score (nSPS) is 12.9. The molecule has 0 amide bonds. The summed E-state index contributed by atoms with van der Waals surface area (Å²) in [5, 5.41) is 10.0. The van der Waals surface area contributed by atoms with Crippen LogP contribution in [0.4, 0.5) is 0 Å². The molecule has 0 bridgehead atoms. The first-order chi connectivity index (χ1) is 9.97. The zero-order valence-corrected chi connectivity index (χ0v) is 14.9. The van der Waals surface area contributed by atoms with E-state index in [-0.39, 0.29) is 6.04 Å². The summed E-state index contributed by atoms with van der Waals surface area (Å²) in [4.78, 5) is 5.78. The van der Waals surface area contributed by atoms with Gasteiger partial charge in [0.2, 0.25) is 0 Å². The number of hydrogen-bond acceptors (Lipinski definition) is 4. The van der Waals surface area contributed by atoms with Crippen LogP contribution in [0.1, 0.15) is 53.8 Å². The Morgan fingerprint density at radius 1 is 1.33 bits per heavy atom. The summed E-state index contributed by atoms with van der Waals surface area (Å²) in [6.07, 6.45) is 0.863. The van der Waals surface area contributed by atoms with Gasteiger partial charge < -0.3 is 5.32 Å². The molecule has 0 saturated carbocycles. The van der Waals surface area contributed by atoms with Crippen molar-refractivity contribution in [3.63, 3.8) is 0 Å². The summed E-state index contributed by atoms with van der Waals surface area (Å²) in [5.41, 5.74) is 3.16. The summed E-state index contributed by atoms with van der Waals surface area (Å²) < 4.78 is 1.99. The van der Waals surface area contributed by atoms with Crippen LogP contribution < -0.4 is 5.32 Å². The third-order valence-corrected chi connectivity index (χ3v) is 5.29. The van der Waals surface area contributed by atoms with Gasteiger partial charge in [0, 0.05) is 24.0 Å².